The highest BCUT2D eigenvalue weighted by molar-refractivity contribution is 9.10. The van der Waals surface area contributed by atoms with E-state index >= 15 is 0 Å². The molecule has 0 radical (unpaired) electrons. The van der Waals surface area contributed by atoms with Crippen LogP contribution >= 0.6 is 27.5 Å². The van der Waals surface area contributed by atoms with E-state index in [1.165, 1.54) is 0 Å². The lowest BCUT2D eigenvalue weighted by Gasteiger charge is -2.24. The number of amides is 1. The molecule has 0 saturated heterocycles. The maximum absolute atomic E-state index is 12.6. The highest BCUT2D eigenvalue weighted by atomic mass is 79.9. The predicted octanol–water partition coefficient (Wildman–Crippen LogP) is 4.07. The van der Waals surface area contributed by atoms with Gasteiger partial charge in [0.05, 0.1) is 11.3 Å². The van der Waals surface area contributed by atoms with Crippen LogP contribution in [0.3, 0.4) is 0 Å². The fourth-order valence-electron chi connectivity index (χ4n) is 2.70. The first-order chi connectivity index (χ1) is 10.5. The van der Waals surface area contributed by atoms with Crippen molar-refractivity contribution in [3.8, 4) is 0 Å². The van der Waals surface area contributed by atoms with Crippen molar-refractivity contribution in [2.24, 2.45) is 0 Å². The van der Waals surface area contributed by atoms with Gasteiger partial charge < -0.3 is 10.2 Å². The standard InChI is InChI=1S/C15H12BrClN4O/c1-7-4-11(17)19-14-12(7)20-15(22)10-5-8(16)6-18-13(10)21(14)9-2-3-9/h4-6,9H,2-3H2,1H3,(H,20,22). The van der Waals surface area contributed by atoms with E-state index in [-0.39, 0.29) is 5.91 Å². The fourth-order valence-corrected chi connectivity index (χ4v) is 3.27. The molecule has 112 valence electrons. The molecule has 0 aromatic carbocycles. The van der Waals surface area contributed by atoms with Crippen LogP contribution in [0.2, 0.25) is 5.15 Å². The number of carbonyl (C=O) groups is 1. The topological polar surface area (TPSA) is 58.1 Å². The zero-order chi connectivity index (χ0) is 15.4. The summed E-state index contributed by atoms with van der Waals surface area (Å²) in [6.07, 6.45) is 3.81. The molecule has 2 aromatic rings. The maximum atomic E-state index is 12.6. The van der Waals surface area contributed by atoms with Gasteiger partial charge in [0.15, 0.2) is 5.82 Å². The molecule has 0 spiro atoms. The van der Waals surface area contributed by atoms with E-state index in [0.29, 0.717) is 34.1 Å². The smallest absolute Gasteiger partial charge is 0.259 e. The van der Waals surface area contributed by atoms with E-state index in [2.05, 4.69) is 31.2 Å². The minimum Gasteiger partial charge on any atom is -0.318 e. The minimum absolute atomic E-state index is 0.180. The summed E-state index contributed by atoms with van der Waals surface area (Å²) in [5.74, 6) is 1.13. The van der Waals surface area contributed by atoms with Crippen molar-refractivity contribution in [2.45, 2.75) is 25.8 Å². The summed E-state index contributed by atoms with van der Waals surface area (Å²) in [6, 6.07) is 3.85. The highest BCUT2D eigenvalue weighted by Crippen LogP contribution is 2.44. The summed E-state index contributed by atoms with van der Waals surface area (Å²) >= 11 is 9.52. The normalized spacial score (nSPS) is 16.7. The van der Waals surface area contributed by atoms with Crippen LogP contribution in [0.1, 0.15) is 28.8 Å². The summed E-state index contributed by atoms with van der Waals surface area (Å²) < 4.78 is 0.769. The molecule has 1 amide bonds. The van der Waals surface area contributed by atoms with Crippen molar-refractivity contribution in [3.05, 3.63) is 39.1 Å². The summed E-state index contributed by atoms with van der Waals surface area (Å²) in [5, 5.41) is 3.36. The molecule has 2 aliphatic rings. The molecule has 1 N–H and O–H groups in total. The number of carbonyl (C=O) groups excluding carboxylic acids is 1. The molecule has 7 heteroatoms. The lowest BCUT2D eigenvalue weighted by atomic mass is 10.2. The molecule has 2 aromatic heterocycles. The van der Waals surface area contributed by atoms with Crippen LogP contribution in [0.5, 0.6) is 0 Å². The molecular weight excluding hydrogens is 368 g/mol. The Morgan fingerprint density at radius 3 is 2.86 bits per heavy atom. The quantitative estimate of drug-likeness (QED) is 0.759. The zero-order valence-electron chi connectivity index (χ0n) is 11.7. The van der Waals surface area contributed by atoms with Gasteiger partial charge >= 0.3 is 0 Å². The van der Waals surface area contributed by atoms with Crippen molar-refractivity contribution in [2.75, 3.05) is 10.2 Å². The van der Waals surface area contributed by atoms with Gasteiger partial charge in [-0.15, -0.1) is 0 Å². The molecular formula is C15H12BrClN4O. The van der Waals surface area contributed by atoms with Crippen molar-refractivity contribution >= 4 is 50.8 Å². The van der Waals surface area contributed by atoms with E-state index in [1.54, 1.807) is 18.3 Å². The Labute approximate surface area is 140 Å². The van der Waals surface area contributed by atoms with Gasteiger partial charge in [-0.1, -0.05) is 11.6 Å². The Morgan fingerprint density at radius 2 is 2.14 bits per heavy atom. The maximum Gasteiger partial charge on any atom is 0.259 e. The lowest BCUT2D eigenvalue weighted by molar-refractivity contribution is 0.102. The van der Waals surface area contributed by atoms with Crippen LogP contribution in [-0.2, 0) is 0 Å². The number of rotatable bonds is 1. The third-order valence-electron chi connectivity index (χ3n) is 3.85. The average Bonchev–Trinajstić information content (AvgIpc) is 3.28. The number of fused-ring (bicyclic) bond motifs is 2. The van der Waals surface area contributed by atoms with Gasteiger partial charge in [0.1, 0.15) is 11.0 Å². The Hall–Kier alpha value is -1.66. The van der Waals surface area contributed by atoms with Crippen LogP contribution in [0.4, 0.5) is 17.3 Å². The fraction of sp³-hybridized carbons (Fsp3) is 0.267. The molecule has 1 aliphatic carbocycles. The number of nitrogens with one attached hydrogen (secondary N) is 1. The van der Waals surface area contributed by atoms with Gasteiger partial charge in [-0.05, 0) is 53.4 Å². The molecule has 0 atom stereocenters. The van der Waals surface area contributed by atoms with Crippen LogP contribution in [0.15, 0.2) is 22.8 Å². The van der Waals surface area contributed by atoms with Gasteiger partial charge in [0.25, 0.3) is 5.91 Å². The number of aryl methyl sites for hydroxylation is 1. The molecule has 0 unspecified atom stereocenters. The molecule has 1 saturated carbocycles. The average molecular weight is 380 g/mol. The molecule has 1 aliphatic heterocycles. The van der Waals surface area contributed by atoms with E-state index in [1.807, 2.05) is 11.8 Å². The number of aromatic nitrogens is 2. The molecule has 22 heavy (non-hydrogen) atoms. The molecule has 5 nitrogen and oxygen atoms in total. The number of pyridine rings is 2. The Kier molecular flexibility index (Phi) is 3.13. The first kappa shape index (κ1) is 14.0. The van der Waals surface area contributed by atoms with Crippen molar-refractivity contribution in [1.82, 2.24) is 9.97 Å². The molecule has 1 fully saturated rings. The second-order valence-corrected chi connectivity index (χ2v) is 6.84. The Balaban J connectivity index is 2.01. The molecule has 0 bridgehead atoms. The van der Waals surface area contributed by atoms with Crippen molar-refractivity contribution in [1.29, 1.82) is 0 Å². The summed E-state index contributed by atoms with van der Waals surface area (Å²) in [6.45, 7) is 1.91. The summed E-state index contributed by atoms with van der Waals surface area (Å²) in [7, 11) is 0. The minimum atomic E-state index is -0.180. The summed E-state index contributed by atoms with van der Waals surface area (Å²) in [5.41, 5.74) is 2.13. The summed E-state index contributed by atoms with van der Waals surface area (Å²) in [4.78, 5) is 23.5. The number of nitrogens with zero attached hydrogens (tertiary/aromatic N) is 3. The van der Waals surface area contributed by atoms with Gasteiger partial charge in [-0.25, -0.2) is 9.97 Å². The first-order valence-corrected chi connectivity index (χ1v) is 8.15. The second-order valence-electron chi connectivity index (χ2n) is 5.54. The van der Waals surface area contributed by atoms with Crippen molar-refractivity contribution in [3.63, 3.8) is 0 Å². The zero-order valence-corrected chi connectivity index (χ0v) is 14.1. The van der Waals surface area contributed by atoms with E-state index in [9.17, 15) is 4.79 Å². The number of halogens is 2. The lowest BCUT2D eigenvalue weighted by Crippen LogP contribution is -2.23. The van der Waals surface area contributed by atoms with Gasteiger partial charge in [-0.2, -0.15) is 0 Å². The molecule has 4 rings (SSSR count). The van der Waals surface area contributed by atoms with Crippen LogP contribution < -0.4 is 10.2 Å². The van der Waals surface area contributed by atoms with Crippen LogP contribution in [0.25, 0.3) is 0 Å². The van der Waals surface area contributed by atoms with E-state index in [0.717, 1.165) is 22.9 Å². The monoisotopic (exact) mass is 378 g/mol. The third-order valence-corrected chi connectivity index (χ3v) is 4.48. The van der Waals surface area contributed by atoms with Gasteiger partial charge in [-0.3, -0.25) is 4.79 Å². The Morgan fingerprint density at radius 1 is 1.36 bits per heavy atom. The highest BCUT2D eigenvalue weighted by Gasteiger charge is 2.38. The van der Waals surface area contributed by atoms with Crippen LogP contribution in [0, 0.1) is 6.92 Å². The number of hydrogen-bond donors (Lipinski definition) is 1. The van der Waals surface area contributed by atoms with Crippen molar-refractivity contribution < 1.29 is 4.79 Å². The molecule has 3 heterocycles. The van der Waals surface area contributed by atoms with E-state index in [4.69, 9.17) is 11.6 Å². The number of anilines is 3. The van der Waals surface area contributed by atoms with Crippen LogP contribution in [-0.4, -0.2) is 21.9 Å². The third kappa shape index (κ3) is 2.18. The van der Waals surface area contributed by atoms with E-state index < -0.39 is 0 Å². The van der Waals surface area contributed by atoms with Gasteiger partial charge in [0.2, 0.25) is 0 Å². The first-order valence-electron chi connectivity index (χ1n) is 6.98. The Bertz CT molecular complexity index is 806. The number of hydrogen-bond acceptors (Lipinski definition) is 4. The predicted molar refractivity (Wildman–Crippen MR) is 89.0 cm³/mol. The second kappa shape index (κ2) is 4.93. The van der Waals surface area contributed by atoms with Gasteiger partial charge in [0, 0.05) is 16.7 Å². The largest absolute Gasteiger partial charge is 0.318 e. The SMILES string of the molecule is Cc1cc(Cl)nc2c1NC(=O)c1cc(Br)cnc1N2C1CC1.